The van der Waals surface area contributed by atoms with Gasteiger partial charge in [0, 0.05) is 19.2 Å². The first kappa shape index (κ1) is 13.5. The smallest absolute Gasteiger partial charge is 0.191 e. The first-order valence-electron chi connectivity index (χ1n) is 5.95. The Bertz CT molecular complexity index is 368. The molecule has 1 aromatic heterocycles. The van der Waals surface area contributed by atoms with Crippen molar-refractivity contribution < 1.29 is 4.52 Å². The molecule has 96 valence electrons. The van der Waals surface area contributed by atoms with Gasteiger partial charge in [-0.2, -0.15) is 0 Å². The largest absolute Gasteiger partial charge is 0.359 e. The highest BCUT2D eigenvalue weighted by atomic mass is 16.5. The third-order valence-electron chi connectivity index (χ3n) is 2.25. The lowest BCUT2D eigenvalue weighted by molar-refractivity contribution is 0.371. The fourth-order valence-corrected chi connectivity index (χ4v) is 1.32. The average molecular weight is 238 g/mol. The van der Waals surface area contributed by atoms with Gasteiger partial charge in [0.2, 0.25) is 0 Å². The molecule has 0 radical (unpaired) electrons. The van der Waals surface area contributed by atoms with Crippen LogP contribution in [-0.2, 0) is 6.54 Å². The van der Waals surface area contributed by atoms with Crippen LogP contribution in [-0.4, -0.2) is 24.2 Å². The van der Waals surface area contributed by atoms with Crippen LogP contribution in [0.25, 0.3) is 0 Å². The maximum atomic E-state index is 5.23. The second kappa shape index (κ2) is 6.27. The van der Waals surface area contributed by atoms with Crippen LogP contribution >= 0.6 is 0 Å². The fraction of sp³-hybridized carbons (Fsp3) is 0.667. The Balaban J connectivity index is 2.48. The third kappa shape index (κ3) is 4.46. The minimum atomic E-state index is 0.349. The van der Waals surface area contributed by atoms with Crippen molar-refractivity contribution in [3.63, 3.8) is 0 Å². The van der Waals surface area contributed by atoms with Gasteiger partial charge in [0.05, 0.1) is 12.2 Å². The van der Waals surface area contributed by atoms with Crippen molar-refractivity contribution in [3.05, 3.63) is 17.5 Å². The SMILES string of the molecule is CN=C(NCc1cc(C(C)C)no1)NC(C)C. The molecule has 2 N–H and O–H groups in total. The molecule has 0 aliphatic rings. The minimum Gasteiger partial charge on any atom is -0.359 e. The fourth-order valence-electron chi connectivity index (χ4n) is 1.32. The number of aromatic nitrogens is 1. The number of rotatable bonds is 4. The van der Waals surface area contributed by atoms with Gasteiger partial charge >= 0.3 is 0 Å². The molecule has 0 aliphatic heterocycles. The van der Waals surface area contributed by atoms with E-state index in [0.29, 0.717) is 18.5 Å². The zero-order chi connectivity index (χ0) is 12.8. The quantitative estimate of drug-likeness (QED) is 0.621. The highest BCUT2D eigenvalue weighted by molar-refractivity contribution is 5.79. The van der Waals surface area contributed by atoms with Crippen LogP contribution in [0.3, 0.4) is 0 Å². The van der Waals surface area contributed by atoms with Gasteiger partial charge in [-0.15, -0.1) is 0 Å². The molecule has 0 bridgehead atoms. The summed E-state index contributed by atoms with van der Waals surface area (Å²) in [5.74, 6) is 1.98. The van der Waals surface area contributed by atoms with E-state index in [-0.39, 0.29) is 0 Å². The summed E-state index contributed by atoms with van der Waals surface area (Å²) in [5.41, 5.74) is 0.980. The maximum absolute atomic E-state index is 5.23. The number of aliphatic imine (C=N–C) groups is 1. The average Bonchev–Trinajstić information content (AvgIpc) is 2.72. The van der Waals surface area contributed by atoms with Gasteiger partial charge in [-0.1, -0.05) is 19.0 Å². The highest BCUT2D eigenvalue weighted by Gasteiger charge is 2.08. The first-order chi connectivity index (χ1) is 8.02. The predicted octanol–water partition coefficient (Wildman–Crippen LogP) is 1.87. The van der Waals surface area contributed by atoms with Gasteiger partial charge in [-0.05, 0) is 19.8 Å². The van der Waals surface area contributed by atoms with Gasteiger partial charge < -0.3 is 15.2 Å². The van der Waals surface area contributed by atoms with Crippen LogP contribution in [0.4, 0.5) is 0 Å². The number of guanidine groups is 1. The molecule has 1 heterocycles. The van der Waals surface area contributed by atoms with E-state index in [1.807, 2.05) is 6.07 Å². The van der Waals surface area contributed by atoms with Crippen LogP contribution in [0.15, 0.2) is 15.6 Å². The second-order valence-corrected chi connectivity index (χ2v) is 4.60. The molecule has 0 unspecified atom stereocenters. The van der Waals surface area contributed by atoms with E-state index in [1.165, 1.54) is 0 Å². The molecule has 0 atom stereocenters. The summed E-state index contributed by atoms with van der Waals surface area (Å²) in [4.78, 5) is 4.12. The molecule has 17 heavy (non-hydrogen) atoms. The molecule has 0 aromatic carbocycles. The molecule has 1 aromatic rings. The van der Waals surface area contributed by atoms with Gasteiger partial charge in [-0.3, -0.25) is 4.99 Å². The molecule has 0 saturated heterocycles. The Kier molecular flexibility index (Phi) is 5.00. The summed E-state index contributed by atoms with van der Waals surface area (Å²) in [6.45, 7) is 8.91. The molecule has 0 saturated carbocycles. The summed E-state index contributed by atoms with van der Waals surface area (Å²) in [5, 5.41) is 10.4. The van der Waals surface area contributed by atoms with E-state index < -0.39 is 0 Å². The lowest BCUT2D eigenvalue weighted by Crippen LogP contribution is -2.40. The topological polar surface area (TPSA) is 62.5 Å². The van der Waals surface area contributed by atoms with Crippen molar-refractivity contribution in [2.45, 2.75) is 46.2 Å². The Morgan fingerprint density at radius 2 is 2.12 bits per heavy atom. The summed E-state index contributed by atoms with van der Waals surface area (Å²) in [6, 6.07) is 2.32. The molecule has 5 heteroatoms. The molecule has 1 rings (SSSR count). The van der Waals surface area contributed by atoms with E-state index in [0.717, 1.165) is 17.4 Å². The van der Waals surface area contributed by atoms with Crippen LogP contribution in [0.2, 0.25) is 0 Å². The molecule has 0 amide bonds. The lowest BCUT2D eigenvalue weighted by atomic mass is 10.1. The van der Waals surface area contributed by atoms with E-state index in [1.54, 1.807) is 7.05 Å². The van der Waals surface area contributed by atoms with E-state index >= 15 is 0 Å². The van der Waals surface area contributed by atoms with E-state index in [2.05, 4.69) is 48.5 Å². The van der Waals surface area contributed by atoms with Crippen LogP contribution in [0, 0.1) is 0 Å². The second-order valence-electron chi connectivity index (χ2n) is 4.60. The Morgan fingerprint density at radius 1 is 1.41 bits per heavy atom. The van der Waals surface area contributed by atoms with Crippen molar-refractivity contribution in [3.8, 4) is 0 Å². The Hall–Kier alpha value is -1.52. The van der Waals surface area contributed by atoms with Crippen LogP contribution in [0.1, 0.15) is 45.1 Å². The molecule has 0 aliphatic carbocycles. The molecular weight excluding hydrogens is 216 g/mol. The third-order valence-corrected chi connectivity index (χ3v) is 2.25. The number of nitrogens with one attached hydrogen (secondary N) is 2. The minimum absolute atomic E-state index is 0.349. The predicted molar refractivity (Wildman–Crippen MR) is 69.1 cm³/mol. The van der Waals surface area contributed by atoms with Crippen LogP contribution in [0.5, 0.6) is 0 Å². The Labute approximate surface area is 103 Å². The van der Waals surface area contributed by atoms with Crippen LogP contribution < -0.4 is 10.6 Å². The van der Waals surface area contributed by atoms with E-state index in [4.69, 9.17) is 4.52 Å². The van der Waals surface area contributed by atoms with Crippen molar-refractivity contribution >= 4 is 5.96 Å². The highest BCUT2D eigenvalue weighted by Crippen LogP contribution is 2.13. The molecule has 0 spiro atoms. The first-order valence-corrected chi connectivity index (χ1v) is 5.95. The molecule has 0 fully saturated rings. The number of nitrogens with zero attached hydrogens (tertiary/aromatic N) is 2. The normalized spacial score (nSPS) is 12.3. The zero-order valence-electron chi connectivity index (χ0n) is 11.2. The summed E-state index contributed by atoms with van der Waals surface area (Å²) < 4.78 is 5.23. The van der Waals surface area contributed by atoms with Gasteiger partial charge in [0.1, 0.15) is 0 Å². The number of hydrogen-bond donors (Lipinski definition) is 2. The summed E-state index contributed by atoms with van der Waals surface area (Å²) in [6.07, 6.45) is 0. The van der Waals surface area contributed by atoms with Crippen molar-refractivity contribution in [1.29, 1.82) is 0 Å². The maximum Gasteiger partial charge on any atom is 0.191 e. The van der Waals surface area contributed by atoms with E-state index in [9.17, 15) is 0 Å². The lowest BCUT2D eigenvalue weighted by Gasteiger charge is -2.13. The van der Waals surface area contributed by atoms with Gasteiger partial charge in [0.25, 0.3) is 0 Å². The Morgan fingerprint density at radius 3 is 2.59 bits per heavy atom. The van der Waals surface area contributed by atoms with Gasteiger partial charge in [0.15, 0.2) is 11.7 Å². The van der Waals surface area contributed by atoms with Gasteiger partial charge in [-0.25, -0.2) is 0 Å². The number of hydrogen-bond acceptors (Lipinski definition) is 3. The molecular formula is C12H22N4O. The summed E-state index contributed by atoms with van der Waals surface area (Å²) >= 11 is 0. The standard InChI is InChI=1S/C12H22N4O/c1-8(2)11-6-10(17-16-11)7-14-12(13-5)15-9(3)4/h6,8-9H,7H2,1-5H3,(H2,13,14,15). The monoisotopic (exact) mass is 238 g/mol. The zero-order valence-corrected chi connectivity index (χ0v) is 11.2. The van der Waals surface area contributed by atoms with Crippen molar-refractivity contribution in [2.24, 2.45) is 4.99 Å². The van der Waals surface area contributed by atoms with Crippen molar-refractivity contribution in [2.75, 3.05) is 7.05 Å². The molecule has 5 nitrogen and oxygen atoms in total. The van der Waals surface area contributed by atoms with Crippen molar-refractivity contribution in [1.82, 2.24) is 15.8 Å². The summed E-state index contributed by atoms with van der Waals surface area (Å²) in [7, 11) is 1.75.